The zero-order chi connectivity index (χ0) is 15.1. The third-order valence-electron chi connectivity index (χ3n) is 3.76. The minimum absolute atomic E-state index is 0.0413. The summed E-state index contributed by atoms with van der Waals surface area (Å²) in [6, 6.07) is 1.78. The van der Waals surface area contributed by atoms with Crippen LogP contribution in [0.1, 0.15) is 32.1 Å². The van der Waals surface area contributed by atoms with Gasteiger partial charge in [-0.1, -0.05) is 0 Å². The van der Waals surface area contributed by atoms with Crippen LogP contribution in [-0.4, -0.2) is 50.9 Å². The van der Waals surface area contributed by atoms with Crippen LogP contribution < -0.4 is 5.32 Å². The van der Waals surface area contributed by atoms with E-state index in [0.29, 0.717) is 26.1 Å². The highest BCUT2D eigenvalue weighted by Crippen LogP contribution is 2.20. The lowest BCUT2D eigenvalue weighted by Crippen LogP contribution is -2.49. The molecule has 116 valence electrons. The maximum Gasteiger partial charge on any atom is 0.317 e. The molecule has 1 aromatic rings. The first-order valence-corrected chi connectivity index (χ1v) is 7.40. The number of aromatic nitrogens is 2. The summed E-state index contributed by atoms with van der Waals surface area (Å²) in [6.07, 6.45) is 7.12. The molecular weight excluding hydrogens is 272 g/mol. The highest BCUT2D eigenvalue weighted by Gasteiger charge is 2.26. The lowest BCUT2D eigenvalue weighted by atomic mass is 9.98. The Morgan fingerprint density at radius 3 is 2.95 bits per heavy atom. The predicted molar refractivity (Wildman–Crippen MR) is 76.8 cm³/mol. The Hall–Kier alpha value is -2.05. The van der Waals surface area contributed by atoms with E-state index in [9.17, 15) is 9.59 Å². The number of aliphatic carboxylic acids is 1. The van der Waals surface area contributed by atoms with E-state index in [0.717, 1.165) is 19.3 Å². The molecule has 1 aliphatic rings. The fourth-order valence-electron chi connectivity index (χ4n) is 2.67. The number of carbonyl (C=O) groups is 2. The summed E-state index contributed by atoms with van der Waals surface area (Å²) in [7, 11) is 0. The van der Waals surface area contributed by atoms with Crippen molar-refractivity contribution in [3.8, 4) is 0 Å². The molecule has 1 saturated heterocycles. The average Bonchev–Trinajstić information content (AvgIpc) is 2.98. The van der Waals surface area contributed by atoms with E-state index in [1.54, 1.807) is 15.8 Å². The second kappa shape index (κ2) is 7.66. The molecule has 7 heteroatoms. The number of carboxylic acids is 1. The minimum Gasteiger partial charge on any atom is -0.481 e. The summed E-state index contributed by atoms with van der Waals surface area (Å²) < 4.78 is 1.76. The fraction of sp³-hybridized carbons (Fsp3) is 0.643. The van der Waals surface area contributed by atoms with Crippen molar-refractivity contribution in [3.63, 3.8) is 0 Å². The van der Waals surface area contributed by atoms with Crippen LogP contribution >= 0.6 is 0 Å². The number of rotatable bonds is 6. The summed E-state index contributed by atoms with van der Waals surface area (Å²) in [5.41, 5.74) is 0. The number of amides is 2. The number of carboxylic acid groups (broad SMARTS) is 1. The lowest BCUT2D eigenvalue weighted by molar-refractivity contribution is -0.137. The molecule has 1 atom stereocenters. The summed E-state index contributed by atoms with van der Waals surface area (Å²) in [5.74, 6) is -0.806. The van der Waals surface area contributed by atoms with Gasteiger partial charge in [-0.3, -0.25) is 9.48 Å². The van der Waals surface area contributed by atoms with E-state index in [4.69, 9.17) is 5.11 Å². The van der Waals surface area contributed by atoms with Gasteiger partial charge in [0.05, 0.1) is 6.54 Å². The SMILES string of the molecule is O=C(O)CCC1CCCCN1C(=O)NCCn1cccn1. The Balaban J connectivity index is 1.78. The van der Waals surface area contributed by atoms with E-state index >= 15 is 0 Å². The van der Waals surface area contributed by atoms with Gasteiger partial charge in [-0.2, -0.15) is 5.10 Å². The molecule has 2 rings (SSSR count). The van der Waals surface area contributed by atoms with Gasteiger partial charge in [-0.25, -0.2) is 4.79 Å². The number of hydrogen-bond donors (Lipinski definition) is 2. The number of piperidine rings is 1. The normalized spacial score (nSPS) is 18.5. The number of nitrogens with one attached hydrogen (secondary N) is 1. The summed E-state index contributed by atoms with van der Waals surface area (Å²) >= 11 is 0. The van der Waals surface area contributed by atoms with E-state index in [2.05, 4.69) is 10.4 Å². The molecular formula is C14H22N4O3. The first kappa shape index (κ1) is 15.3. The van der Waals surface area contributed by atoms with E-state index in [-0.39, 0.29) is 18.5 Å². The minimum atomic E-state index is -0.806. The molecule has 0 saturated carbocycles. The molecule has 1 unspecified atom stereocenters. The van der Waals surface area contributed by atoms with Gasteiger partial charge < -0.3 is 15.3 Å². The number of carbonyl (C=O) groups excluding carboxylic acids is 1. The van der Waals surface area contributed by atoms with Crippen molar-refractivity contribution in [2.24, 2.45) is 0 Å². The Kier molecular flexibility index (Phi) is 5.59. The van der Waals surface area contributed by atoms with Crippen molar-refractivity contribution in [2.45, 2.75) is 44.7 Å². The molecule has 1 aromatic heterocycles. The maximum absolute atomic E-state index is 12.2. The molecule has 21 heavy (non-hydrogen) atoms. The van der Waals surface area contributed by atoms with Crippen LogP contribution in [0.2, 0.25) is 0 Å². The smallest absolute Gasteiger partial charge is 0.317 e. The van der Waals surface area contributed by atoms with Crippen LogP contribution in [-0.2, 0) is 11.3 Å². The van der Waals surface area contributed by atoms with Crippen LogP contribution in [0.3, 0.4) is 0 Å². The third kappa shape index (κ3) is 4.77. The molecule has 2 N–H and O–H groups in total. The number of hydrogen-bond acceptors (Lipinski definition) is 3. The number of urea groups is 1. The highest BCUT2D eigenvalue weighted by molar-refractivity contribution is 5.74. The van der Waals surface area contributed by atoms with Gasteiger partial charge in [0.15, 0.2) is 0 Å². The topological polar surface area (TPSA) is 87.5 Å². The fourth-order valence-corrected chi connectivity index (χ4v) is 2.67. The third-order valence-corrected chi connectivity index (χ3v) is 3.76. The highest BCUT2D eigenvalue weighted by atomic mass is 16.4. The van der Waals surface area contributed by atoms with Crippen molar-refractivity contribution in [3.05, 3.63) is 18.5 Å². The average molecular weight is 294 g/mol. The maximum atomic E-state index is 12.2. The van der Waals surface area contributed by atoms with Crippen molar-refractivity contribution >= 4 is 12.0 Å². The quantitative estimate of drug-likeness (QED) is 0.828. The molecule has 0 aromatic carbocycles. The van der Waals surface area contributed by atoms with Gasteiger partial charge in [0.1, 0.15) is 0 Å². The van der Waals surface area contributed by atoms with Gasteiger partial charge in [0.25, 0.3) is 0 Å². The lowest BCUT2D eigenvalue weighted by Gasteiger charge is -2.35. The number of nitrogens with zero attached hydrogens (tertiary/aromatic N) is 3. The van der Waals surface area contributed by atoms with Crippen LogP contribution in [0, 0.1) is 0 Å². The molecule has 7 nitrogen and oxygen atoms in total. The molecule has 2 amide bonds. The molecule has 0 bridgehead atoms. The molecule has 0 aliphatic carbocycles. The van der Waals surface area contributed by atoms with Crippen molar-refractivity contribution in [1.29, 1.82) is 0 Å². The first-order valence-electron chi connectivity index (χ1n) is 7.40. The van der Waals surface area contributed by atoms with Crippen molar-refractivity contribution < 1.29 is 14.7 Å². The van der Waals surface area contributed by atoms with Crippen LogP contribution in [0.5, 0.6) is 0 Å². The standard InChI is InChI=1S/C14H22N4O3/c19-13(20)6-5-12-4-1-2-10-18(12)14(21)15-8-11-17-9-3-7-16-17/h3,7,9,12H,1-2,4-6,8,10-11H2,(H,15,21)(H,19,20). The Morgan fingerprint density at radius 2 is 2.24 bits per heavy atom. The van der Waals surface area contributed by atoms with Crippen molar-refractivity contribution in [2.75, 3.05) is 13.1 Å². The van der Waals surface area contributed by atoms with E-state index in [1.807, 2.05) is 12.3 Å². The zero-order valence-corrected chi connectivity index (χ0v) is 12.1. The monoisotopic (exact) mass is 294 g/mol. The molecule has 2 heterocycles. The predicted octanol–water partition coefficient (Wildman–Crippen LogP) is 1.31. The Labute approximate surface area is 123 Å². The molecule has 1 aliphatic heterocycles. The van der Waals surface area contributed by atoms with Crippen LogP contribution in [0.25, 0.3) is 0 Å². The number of likely N-dealkylation sites (tertiary alicyclic amines) is 1. The van der Waals surface area contributed by atoms with Gasteiger partial charge >= 0.3 is 12.0 Å². The molecule has 0 spiro atoms. The van der Waals surface area contributed by atoms with E-state index in [1.165, 1.54) is 0 Å². The zero-order valence-electron chi connectivity index (χ0n) is 12.1. The Bertz CT molecular complexity index is 461. The molecule has 0 radical (unpaired) electrons. The van der Waals surface area contributed by atoms with Gasteiger partial charge in [-0.15, -0.1) is 0 Å². The van der Waals surface area contributed by atoms with Gasteiger partial charge in [-0.05, 0) is 31.7 Å². The van der Waals surface area contributed by atoms with Crippen LogP contribution in [0.4, 0.5) is 4.79 Å². The summed E-state index contributed by atoms with van der Waals surface area (Å²) in [6.45, 7) is 1.85. The van der Waals surface area contributed by atoms with E-state index < -0.39 is 5.97 Å². The second-order valence-corrected chi connectivity index (χ2v) is 5.28. The molecule has 1 fully saturated rings. The second-order valence-electron chi connectivity index (χ2n) is 5.28. The van der Waals surface area contributed by atoms with Gasteiger partial charge in [0, 0.05) is 37.9 Å². The first-order chi connectivity index (χ1) is 10.2. The summed E-state index contributed by atoms with van der Waals surface area (Å²) in [4.78, 5) is 24.7. The van der Waals surface area contributed by atoms with Crippen molar-refractivity contribution in [1.82, 2.24) is 20.0 Å². The van der Waals surface area contributed by atoms with Crippen LogP contribution in [0.15, 0.2) is 18.5 Å². The largest absolute Gasteiger partial charge is 0.481 e. The van der Waals surface area contributed by atoms with Gasteiger partial charge in [0.2, 0.25) is 0 Å². The Morgan fingerprint density at radius 1 is 1.38 bits per heavy atom. The summed E-state index contributed by atoms with van der Waals surface area (Å²) in [5, 5.41) is 15.8.